The van der Waals surface area contributed by atoms with E-state index in [-0.39, 0.29) is 0 Å². The van der Waals surface area contributed by atoms with Crippen LogP contribution in [0.4, 0.5) is 0 Å². The van der Waals surface area contributed by atoms with Crippen LogP contribution < -0.4 is 5.32 Å². The average Bonchev–Trinajstić information content (AvgIpc) is 2.63. The molecule has 1 aliphatic carbocycles. The Morgan fingerprint density at radius 2 is 1.88 bits per heavy atom. The fourth-order valence-corrected chi connectivity index (χ4v) is 3.17. The molecule has 0 saturated heterocycles. The Morgan fingerprint density at radius 3 is 2.47 bits per heavy atom. The first-order valence-electron chi connectivity index (χ1n) is 6.55. The molecule has 0 amide bonds. The van der Waals surface area contributed by atoms with Crippen LogP contribution in [0.3, 0.4) is 0 Å². The van der Waals surface area contributed by atoms with Crippen LogP contribution in [0.15, 0.2) is 18.2 Å². The molecular formula is C15H22ClN. The van der Waals surface area contributed by atoms with Gasteiger partial charge in [0.2, 0.25) is 0 Å². The van der Waals surface area contributed by atoms with E-state index in [0.717, 1.165) is 19.0 Å². The van der Waals surface area contributed by atoms with Crippen molar-refractivity contribution >= 4 is 11.6 Å². The Hall–Kier alpha value is -0.530. The number of nitrogens with one attached hydrogen (secondary N) is 1. The minimum absolute atomic E-state index is 0.419. The van der Waals surface area contributed by atoms with Gasteiger partial charge in [-0.05, 0) is 51.1 Å². The fraction of sp³-hybridized carbons (Fsp3) is 0.600. The third kappa shape index (κ3) is 4.01. The normalized spacial score (nSPS) is 24.2. The van der Waals surface area contributed by atoms with Crippen LogP contribution in [0.1, 0.15) is 36.0 Å². The standard InChI is InChI=1S/C15H22ClN/c1-11-5-12(2)7-14(6-11)10-17-9-13-3-4-15(16)8-13/h5-7,13,15,17H,3-4,8-10H2,1-2H3. The van der Waals surface area contributed by atoms with E-state index in [9.17, 15) is 0 Å². The summed E-state index contributed by atoms with van der Waals surface area (Å²) in [5, 5.41) is 3.98. The molecule has 94 valence electrons. The van der Waals surface area contributed by atoms with Crippen LogP contribution in [0, 0.1) is 19.8 Å². The summed E-state index contributed by atoms with van der Waals surface area (Å²) in [6.07, 6.45) is 3.66. The number of aryl methyl sites for hydroxylation is 2. The van der Waals surface area contributed by atoms with Gasteiger partial charge in [-0.25, -0.2) is 0 Å². The second kappa shape index (κ2) is 5.88. The molecule has 1 N–H and O–H groups in total. The summed E-state index contributed by atoms with van der Waals surface area (Å²) in [4.78, 5) is 0. The topological polar surface area (TPSA) is 12.0 Å². The van der Waals surface area contributed by atoms with E-state index >= 15 is 0 Å². The van der Waals surface area contributed by atoms with Crippen LogP contribution in [-0.2, 0) is 6.54 Å². The van der Waals surface area contributed by atoms with E-state index in [0.29, 0.717) is 5.38 Å². The van der Waals surface area contributed by atoms with Gasteiger partial charge in [-0.1, -0.05) is 29.3 Å². The van der Waals surface area contributed by atoms with Crippen molar-refractivity contribution in [3.05, 3.63) is 34.9 Å². The van der Waals surface area contributed by atoms with E-state index in [1.165, 1.54) is 36.0 Å². The number of hydrogen-bond acceptors (Lipinski definition) is 1. The van der Waals surface area contributed by atoms with Gasteiger partial charge in [0.25, 0.3) is 0 Å². The molecule has 2 atom stereocenters. The molecule has 17 heavy (non-hydrogen) atoms. The summed E-state index contributed by atoms with van der Waals surface area (Å²) in [5.74, 6) is 0.781. The molecule has 2 rings (SSSR count). The third-order valence-electron chi connectivity index (χ3n) is 3.52. The molecule has 1 aromatic rings. The lowest BCUT2D eigenvalue weighted by molar-refractivity contribution is 0.490. The summed E-state index contributed by atoms with van der Waals surface area (Å²) in [6, 6.07) is 6.75. The Labute approximate surface area is 110 Å². The minimum Gasteiger partial charge on any atom is -0.312 e. The van der Waals surface area contributed by atoms with Crippen molar-refractivity contribution in [2.24, 2.45) is 5.92 Å². The molecule has 2 heteroatoms. The number of halogens is 1. The van der Waals surface area contributed by atoms with Gasteiger partial charge >= 0.3 is 0 Å². The van der Waals surface area contributed by atoms with E-state index < -0.39 is 0 Å². The third-order valence-corrected chi connectivity index (χ3v) is 3.92. The van der Waals surface area contributed by atoms with E-state index in [2.05, 4.69) is 37.4 Å². The highest BCUT2D eigenvalue weighted by Gasteiger charge is 2.22. The minimum atomic E-state index is 0.419. The molecule has 1 nitrogen and oxygen atoms in total. The van der Waals surface area contributed by atoms with Gasteiger partial charge in [-0.15, -0.1) is 11.6 Å². The molecule has 2 unspecified atom stereocenters. The van der Waals surface area contributed by atoms with Gasteiger partial charge < -0.3 is 5.32 Å². The molecule has 0 aromatic heterocycles. The summed E-state index contributed by atoms with van der Waals surface area (Å²) in [5.41, 5.74) is 4.09. The second-order valence-electron chi connectivity index (χ2n) is 5.40. The van der Waals surface area contributed by atoms with Crippen LogP contribution in [0.2, 0.25) is 0 Å². The molecule has 1 saturated carbocycles. The van der Waals surface area contributed by atoms with Crippen molar-refractivity contribution in [2.45, 2.75) is 45.0 Å². The van der Waals surface area contributed by atoms with E-state index in [1.807, 2.05) is 0 Å². The Kier molecular flexibility index (Phi) is 4.47. The SMILES string of the molecule is Cc1cc(C)cc(CNCC2CCC(Cl)C2)c1. The molecule has 1 aromatic carbocycles. The lowest BCUT2D eigenvalue weighted by atomic mass is 10.1. The van der Waals surface area contributed by atoms with Crippen molar-refractivity contribution in [3.8, 4) is 0 Å². The first-order chi connectivity index (χ1) is 8.13. The van der Waals surface area contributed by atoms with Gasteiger partial charge in [0.15, 0.2) is 0 Å². The summed E-state index contributed by atoms with van der Waals surface area (Å²) in [6.45, 7) is 6.40. The van der Waals surface area contributed by atoms with Crippen LogP contribution in [0.5, 0.6) is 0 Å². The molecule has 0 radical (unpaired) electrons. The molecular weight excluding hydrogens is 230 g/mol. The number of alkyl halides is 1. The average molecular weight is 252 g/mol. The maximum Gasteiger partial charge on any atom is 0.0339 e. The molecule has 0 spiro atoms. The summed E-state index contributed by atoms with van der Waals surface area (Å²) < 4.78 is 0. The van der Waals surface area contributed by atoms with Crippen molar-refractivity contribution in [1.29, 1.82) is 0 Å². The molecule has 0 bridgehead atoms. The zero-order valence-corrected chi connectivity index (χ0v) is 11.6. The van der Waals surface area contributed by atoms with E-state index in [4.69, 9.17) is 11.6 Å². The Bertz CT molecular complexity index is 355. The maximum atomic E-state index is 6.12. The van der Waals surface area contributed by atoms with Crippen molar-refractivity contribution in [1.82, 2.24) is 5.32 Å². The lowest BCUT2D eigenvalue weighted by Gasteiger charge is -2.11. The van der Waals surface area contributed by atoms with E-state index in [1.54, 1.807) is 0 Å². The zero-order chi connectivity index (χ0) is 12.3. The smallest absolute Gasteiger partial charge is 0.0339 e. The predicted octanol–water partition coefficient (Wildman–Crippen LogP) is 3.80. The summed E-state index contributed by atoms with van der Waals surface area (Å²) >= 11 is 6.12. The highest BCUT2D eigenvalue weighted by atomic mass is 35.5. The molecule has 0 aliphatic heterocycles. The van der Waals surface area contributed by atoms with Gasteiger partial charge in [-0.2, -0.15) is 0 Å². The maximum absolute atomic E-state index is 6.12. The Balaban J connectivity index is 1.78. The fourth-order valence-electron chi connectivity index (χ4n) is 2.79. The van der Waals surface area contributed by atoms with Crippen LogP contribution in [-0.4, -0.2) is 11.9 Å². The van der Waals surface area contributed by atoms with Crippen LogP contribution >= 0.6 is 11.6 Å². The quantitative estimate of drug-likeness (QED) is 0.803. The van der Waals surface area contributed by atoms with Gasteiger partial charge in [-0.3, -0.25) is 0 Å². The van der Waals surface area contributed by atoms with Crippen LogP contribution in [0.25, 0.3) is 0 Å². The first kappa shape index (κ1) is 12.9. The first-order valence-corrected chi connectivity index (χ1v) is 6.99. The zero-order valence-electron chi connectivity index (χ0n) is 10.8. The monoisotopic (exact) mass is 251 g/mol. The lowest BCUT2D eigenvalue weighted by Crippen LogP contribution is -2.21. The van der Waals surface area contributed by atoms with Crippen molar-refractivity contribution < 1.29 is 0 Å². The molecule has 1 aliphatic rings. The number of hydrogen-bond donors (Lipinski definition) is 1. The largest absolute Gasteiger partial charge is 0.312 e. The molecule has 1 fully saturated rings. The van der Waals surface area contributed by atoms with Gasteiger partial charge in [0.05, 0.1) is 0 Å². The van der Waals surface area contributed by atoms with Crippen molar-refractivity contribution in [3.63, 3.8) is 0 Å². The second-order valence-corrected chi connectivity index (χ2v) is 6.02. The number of rotatable bonds is 4. The number of benzene rings is 1. The Morgan fingerprint density at radius 1 is 1.18 bits per heavy atom. The van der Waals surface area contributed by atoms with Gasteiger partial charge in [0.1, 0.15) is 0 Å². The highest BCUT2D eigenvalue weighted by Crippen LogP contribution is 2.28. The molecule has 0 heterocycles. The predicted molar refractivity (Wildman–Crippen MR) is 74.6 cm³/mol. The highest BCUT2D eigenvalue weighted by molar-refractivity contribution is 6.20. The van der Waals surface area contributed by atoms with Gasteiger partial charge in [0, 0.05) is 11.9 Å². The van der Waals surface area contributed by atoms with Crippen molar-refractivity contribution in [2.75, 3.05) is 6.54 Å². The summed E-state index contributed by atoms with van der Waals surface area (Å²) in [7, 11) is 0.